The zero-order valence-electron chi connectivity index (χ0n) is 14.7. The molecule has 1 amide bonds. The van der Waals surface area contributed by atoms with Crippen LogP contribution in [0.15, 0.2) is 18.2 Å². The van der Waals surface area contributed by atoms with Crippen molar-refractivity contribution in [3.05, 3.63) is 33.9 Å². The van der Waals surface area contributed by atoms with Crippen LogP contribution in [0.25, 0.3) is 0 Å². The van der Waals surface area contributed by atoms with Gasteiger partial charge in [-0.25, -0.2) is 0 Å². The van der Waals surface area contributed by atoms with Crippen LogP contribution in [0, 0.1) is 23.0 Å². The Hall–Kier alpha value is -2.15. The minimum Gasteiger partial charge on any atom is -0.366 e. The summed E-state index contributed by atoms with van der Waals surface area (Å²) in [6.07, 6.45) is 3.96. The molecule has 3 rings (SSSR count). The summed E-state index contributed by atoms with van der Waals surface area (Å²) in [5, 5.41) is 17.7. The summed E-state index contributed by atoms with van der Waals surface area (Å²) in [6.45, 7) is 4.87. The third-order valence-electron chi connectivity index (χ3n) is 5.20. The second-order valence-electron chi connectivity index (χ2n) is 7.05. The number of nitrogens with one attached hydrogen (secondary N) is 2. The van der Waals surface area contributed by atoms with Crippen LogP contribution in [-0.2, 0) is 4.79 Å². The van der Waals surface area contributed by atoms with Crippen molar-refractivity contribution >= 4 is 17.3 Å². The van der Waals surface area contributed by atoms with Crippen molar-refractivity contribution in [1.29, 1.82) is 0 Å². The van der Waals surface area contributed by atoms with E-state index in [4.69, 9.17) is 0 Å². The number of anilines is 1. The van der Waals surface area contributed by atoms with E-state index in [1.807, 2.05) is 12.1 Å². The molecule has 2 atom stereocenters. The van der Waals surface area contributed by atoms with Gasteiger partial charge < -0.3 is 15.5 Å². The van der Waals surface area contributed by atoms with E-state index in [1.54, 1.807) is 13.0 Å². The molecule has 0 aliphatic carbocycles. The van der Waals surface area contributed by atoms with Gasteiger partial charge in [0, 0.05) is 25.2 Å². The van der Waals surface area contributed by atoms with Gasteiger partial charge in [-0.05, 0) is 51.1 Å². The highest BCUT2D eigenvalue weighted by Crippen LogP contribution is 2.33. The van der Waals surface area contributed by atoms with Gasteiger partial charge in [0.2, 0.25) is 5.91 Å². The van der Waals surface area contributed by atoms with E-state index in [1.165, 1.54) is 0 Å². The van der Waals surface area contributed by atoms with E-state index in [0.29, 0.717) is 23.7 Å². The number of para-hydroxylation sites is 1. The van der Waals surface area contributed by atoms with E-state index < -0.39 is 0 Å². The number of nitro groups is 1. The molecule has 0 bridgehead atoms. The lowest BCUT2D eigenvalue weighted by Gasteiger charge is -2.34. The highest BCUT2D eigenvalue weighted by molar-refractivity contribution is 5.82. The topological polar surface area (TPSA) is 87.5 Å². The molecule has 0 radical (unpaired) electrons. The van der Waals surface area contributed by atoms with E-state index in [-0.39, 0.29) is 22.6 Å². The molecule has 2 aliphatic rings. The molecule has 2 unspecified atom stereocenters. The third kappa shape index (κ3) is 4.10. The summed E-state index contributed by atoms with van der Waals surface area (Å²) >= 11 is 0. The number of nitro benzene ring substituents is 1. The van der Waals surface area contributed by atoms with Crippen LogP contribution >= 0.6 is 0 Å². The fourth-order valence-corrected chi connectivity index (χ4v) is 3.86. The van der Waals surface area contributed by atoms with Crippen molar-refractivity contribution in [2.24, 2.45) is 5.92 Å². The summed E-state index contributed by atoms with van der Waals surface area (Å²) in [5.41, 5.74) is 1.58. The first-order valence-corrected chi connectivity index (χ1v) is 9.06. The highest BCUT2D eigenvalue weighted by atomic mass is 16.6. The number of hydrogen-bond acceptors (Lipinski definition) is 5. The van der Waals surface area contributed by atoms with Crippen LogP contribution in [0.2, 0.25) is 0 Å². The van der Waals surface area contributed by atoms with Crippen LogP contribution in [0.5, 0.6) is 0 Å². The van der Waals surface area contributed by atoms with Crippen molar-refractivity contribution in [2.45, 2.75) is 38.6 Å². The maximum atomic E-state index is 12.2. The summed E-state index contributed by atoms with van der Waals surface area (Å²) in [4.78, 5) is 25.4. The van der Waals surface area contributed by atoms with E-state index in [9.17, 15) is 14.9 Å². The number of rotatable bonds is 5. The average molecular weight is 346 g/mol. The van der Waals surface area contributed by atoms with Crippen LogP contribution in [0.1, 0.15) is 31.2 Å². The second-order valence-corrected chi connectivity index (χ2v) is 7.05. The predicted octanol–water partition coefficient (Wildman–Crippen LogP) is 1.99. The average Bonchev–Trinajstić information content (AvgIpc) is 3.14. The lowest BCUT2D eigenvalue weighted by molar-refractivity contribution is -0.384. The Morgan fingerprint density at radius 2 is 2.24 bits per heavy atom. The largest absolute Gasteiger partial charge is 0.366 e. The van der Waals surface area contributed by atoms with Crippen LogP contribution in [0.4, 0.5) is 11.4 Å². The Labute approximate surface area is 147 Å². The summed E-state index contributed by atoms with van der Waals surface area (Å²) in [7, 11) is 0. The molecule has 0 aromatic heterocycles. The fourth-order valence-electron chi connectivity index (χ4n) is 3.86. The van der Waals surface area contributed by atoms with Crippen molar-refractivity contribution in [3.8, 4) is 0 Å². The lowest BCUT2D eigenvalue weighted by Crippen LogP contribution is -2.45. The molecule has 7 nitrogen and oxygen atoms in total. The van der Waals surface area contributed by atoms with Crippen molar-refractivity contribution in [3.63, 3.8) is 0 Å². The second kappa shape index (κ2) is 7.82. The fraction of sp³-hybridized carbons (Fsp3) is 0.611. The summed E-state index contributed by atoms with van der Waals surface area (Å²) < 4.78 is 0. The smallest absolute Gasteiger partial charge is 0.295 e. The maximum absolute atomic E-state index is 12.2. The van der Waals surface area contributed by atoms with Gasteiger partial charge in [0.25, 0.3) is 5.69 Å². The molecule has 0 saturated carbocycles. The molecule has 0 spiro atoms. The van der Waals surface area contributed by atoms with Crippen molar-refractivity contribution < 1.29 is 9.72 Å². The standard InChI is InChI=1S/C18H26N4O3/c1-13-5-2-8-16(17(13)22(24)25)21-10-4-6-14(12-21)11-20-18(23)15-7-3-9-19-15/h2,5,8,14-15,19H,3-4,6-7,9-12H2,1H3,(H,20,23). The summed E-state index contributed by atoms with van der Waals surface area (Å²) in [6, 6.07) is 5.42. The van der Waals surface area contributed by atoms with Gasteiger partial charge in [-0.1, -0.05) is 12.1 Å². The molecule has 2 aliphatic heterocycles. The first-order valence-electron chi connectivity index (χ1n) is 9.06. The van der Waals surface area contributed by atoms with Gasteiger partial charge in [-0.15, -0.1) is 0 Å². The number of piperidine rings is 1. The molecular formula is C18H26N4O3. The molecule has 2 saturated heterocycles. The van der Waals surface area contributed by atoms with Gasteiger partial charge >= 0.3 is 0 Å². The van der Waals surface area contributed by atoms with Gasteiger partial charge in [0.15, 0.2) is 0 Å². The molecular weight excluding hydrogens is 320 g/mol. The Bertz CT molecular complexity index is 643. The van der Waals surface area contributed by atoms with Crippen LogP contribution < -0.4 is 15.5 Å². The maximum Gasteiger partial charge on any atom is 0.295 e. The number of carbonyl (C=O) groups excluding carboxylic acids is 1. The zero-order chi connectivity index (χ0) is 17.8. The summed E-state index contributed by atoms with van der Waals surface area (Å²) in [5.74, 6) is 0.398. The van der Waals surface area contributed by atoms with Gasteiger partial charge in [0.05, 0.1) is 11.0 Å². The number of hydrogen-bond donors (Lipinski definition) is 2. The minimum atomic E-state index is -0.290. The third-order valence-corrected chi connectivity index (χ3v) is 5.20. The molecule has 136 valence electrons. The van der Waals surface area contributed by atoms with Gasteiger partial charge in [-0.2, -0.15) is 0 Å². The number of benzene rings is 1. The van der Waals surface area contributed by atoms with Crippen LogP contribution in [0.3, 0.4) is 0 Å². The molecule has 7 heteroatoms. The van der Waals surface area contributed by atoms with Gasteiger partial charge in [0.1, 0.15) is 5.69 Å². The quantitative estimate of drug-likeness (QED) is 0.629. The number of nitrogens with zero attached hydrogens (tertiary/aromatic N) is 2. The monoisotopic (exact) mass is 346 g/mol. The Morgan fingerprint density at radius 3 is 2.96 bits per heavy atom. The Kier molecular flexibility index (Phi) is 5.53. The highest BCUT2D eigenvalue weighted by Gasteiger charge is 2.28. The molecule has 1 aromatic carbocycles. The Morgan fingerprint density at radius 1 is 1.40 bits per heavy atom. The lowest BCUT2D eigenvalue weighted by atomic mass is 9.96. The van der Waals surface area contributed by atoms with Crippen molar-refractivity contribution in [1.82, 2.24) is 10.6 Å². The van der Waals surface area contributed by atoms with E-state index in [0.717, 1.165) is 45.3 Å². The first-order chi connectivity index (χ1) is 12.1. The molecule has 2 heterocycles. The molecule has 2 fully saturated rings. The van der Waals surface area contributed by atoms with E-state index >= 15 is 0 Å². The Balaban J connectivity index is 1.62. The van der Waals surface area contributed by atoms with Crippen LogP contribution in [-0.4, -0.2) is 43.1 Å². The van der Waals surface area contributed by atoms with Crippen molar-refractivity contribution in [2.75, 3.05) is 31.1 Å². The molecule has 2 N–H and O–H groups in total. The molecule has 25 heavy (non-hydrogen) atoms. The number of carbonyl (C=O) groups is 1. The predicted molar refractivity (Wildman–Crippen MR) is 96.8 cm³/mol. The van der Waals surface area contributed by atoms with Gasteiger partial charge in [-0.3, -0.25) is 14.9 Å². The normalized spacial score (nSPS) is 23.5. The molecule has 1 aromatic rings. The first kappa shape index (κ1) is 17.7. The van der Waals surface area contributed by atoms with E-state index in [2.05, 4.69) is 15.5 Å². The zero-order valence-corrected chi connectivity index (χ0v) is 14.7. The minimum absolute atomic E-state index is 0.0578. The number of amides is 1. The SMILES string of the molecule is Cc1cccc(N2CCCC(CNC(=O)C3CCCN3)C2)c1[N+](=O)[O-]. The number of aryl methyl sites for hydroxylation is 1.